The van der Waals surface area contributed by atoms with E-state index in [1.807, 2.05) is 34.4 Å². The molecule has 0 spiro atoms. The summed E-state index contributed by atoms with van der Waals surface area (Å²) in [6, 6.07) is 11.5. The summed E-state index contributed by atoms with van der Waals surface area (Å²) in [7, 11) is 0. The molecular formula is C30H33ClN4O3S. The number of amides is 1. The van der Waals surface area contributed by atoms with E-state index in [-0.39, 0.29) is 23.0 Å². The fraction of sp³-hybridized carbons (Fsp3) is 0.400. The lowest BCUT2D eigenvalue weighted by Gasteiger charge is -2.26. The highest BCUT2D eigenvalue weighted by Gasteiger charge is 2.22. The maximum atomic E-state index is 13.7. The molecule has 0 saturated carbocycles. The van der Waals surface area contributed by atoms with Gasteiger partial charge in [0.25, 0.3) is 5.91 Å². The summed E-state index contributed by atoms with van der Waals surface area (Å²) in [5.74, 6) is 1.98. The molecule has 1 unspecified atom stereocenters. The van der Waals surface area contributed by atoms with Crippen LogP contribution in [0, 0.1) is 0 Å². The minimum Gasteiger partial charge on any atom is -0.375 e. The van der Waals surface area contributed by atoms with Crippen LogP contribution in [0.15, 0.2) is 53.6 Å². The topological polar surface area (TPSA) is 75.1 Å². The Kier molecular flexibility index (Phi) is 8.09. The molecule has 4 heterocycles. The largest absolute Gasteiger partial charge is 0.375 e. The van der Waals surface area contributed by atoms with Crippen molar-refractivity contribution in [1.29, 1.82) is 0 Å². The first-order chi connectivity index (χ1) is 19.0. The Labute approximate surface area is 237 Å². The van der Waals surface area contributed by atoms with Crippen LogP contribution in [0.5, 0.6) is 0 Å². The van der Waals surface area contributed by atoms with Gasteiger partial charge >= 0.3 is 0 Å². The van der Waals surface area contributed by atoms with Gasteiger partial charge in [-0.3, -0.25) is 9.59 Å². The lowest BCUT2D eigenvalue weighted by molar-refractivity contribution is 0.0292. The second-order valence-electron chi connectivity index (χ2n) is 10.4. The molecule has 6 rings (SSSR count). The highest BCUT2D eigenvalue weighted by molar-refractivity contribution is 7.99. The summed E-state index contributed by atoms with van der Waals surface area (Å²) in [5.41, 5.74) is 4.01. The van der Waals surface area contributed by atoms with E-state index in [0.29, 0.717) is 23.6 Å². The molecule has 0 aliphatic carbocycles. The number of morpholine rings is 1. The number of thioether (sulfide) groups is 1. The normalized spacial score (nSPS) is 18.6. The van der Waals surface area contributed by atoms with Gasteiger partial charge < -0.3 is 24.7 Å². The third-order valence-electron chi connectivity index (χ3n) is 7.71. The maximum Gasteiger partial charge on any atom is 0.257 e. The number of benzene rings is 2. The van der Waals surface area contributed by atoms with Gasteiger partial charge in [-0.15, -0.1) is 0 Å². The molecule has 7 nitrogen and oxygen atoms in total. The molecule has 1 amide bonds. The molecule has 0 bridgehead atoms. The highest BCUT2D eigenvalue weighted by atomic mass is 35.5. The van der Waals surface area contributed by atoms with Crippen molar-refractivity contribution in [3.63, 3.8) is 0 Å². The lowest BCUT2D eigenvalue weighted by Crippen LogP contribution is -2.39. The first-order valence-corrected chi connectivity index (χ1v) is 15.2. The van der Waals surface area contributed by atoms with Gasteiger partial charge in [0.1, 0.15) is 5.56 Å². The predicted octanol–water partition coefficient (Wildman–Crippen LogP) is 3.60. The number of nitrogens with one attached hydrogen (secondary N) is 2. The number of rotatable bonds is 8. The average molecular weight is 565 g/mol. The van der Waals surface area contributed by atoms with Gasteiger partial charge in [-0.2, -0.15) is 11.8 Å². The van der Waals surface area contributed by atoms with Crippen molar-refractivity contribution in [3.05, 3.63) is 86.3 Å². The van der Waals surface area contributed by atoms with Gasteiger partial charge in [-0.1, -0.05) is 23.7 Å². The Morgan fingerprint density at radius 1 is 1.10 bits per heavy atom. The van der Waals surface area contributed by atoms with Crippen molar-refractivity contribution in [1.82, 2.24) is 19.9 Å². The Balaban J connectivity index is 1.34. The van der Waals surface area contributed by atoms with E-state index in [9.17, 15) is 9.59 Å². The molecule has 2 aromatic heterocycles. The van der Waals surface area contributed by atoms with Gasteiger partial charge in [-0.05, 0) is 53.8 Å². The van der Waals surface area contributed by atoms with Gasteiger partial charge in [0, 0.05) is 79.0 Å². The number of carbonyl (C=O) groups excluding carboxylic acids is 1. The van der Waals surface area contributed by atoms with Crippen LogP contribution in [-0.4, -0.2) is 72.1 Å². The lowest BCUT2D eigenvalue weighted by atomic mass is 9.99. The summed E-state index contributed by atoms with van der Waals surface area (Å²) in [4.78, 5) is 29.5. The van der Waals surface area contributed by atoms with Crippen molar-refractivity contribution in [2.24, 2.45) is 0 Å². The number of ether oxygens (including phenoxy) is 1. The first-order valence-electron chi connectivity index (χ1n) is 13.6. The van der Waals surface area contributed by atoms with E-state index in [1.54, 1.807) is 18.3 Å². The zero-order valence-electron chi connectivity index (χ0n) is 21.9. The second kappa shape index (κ2) is 11.9. The molecule has 39 heavy (non-hydrogen) atoms. The van der Waals surface area contributed by atoms with Crippen LogP contribution in [0.3, 0.4) is 0 Å². The maximum absolute atomic E-state index is 13.7. The minimum atomic E-state index is -0.375. The van der Waals surface area contributed by atoms with Gasteiger partial charge in [0.2, 0.25) is 5.43 Å². The number of nitrogens with zero attached hydrogens (tertiary/aromatic N) is 2. The molecule has 9 heteroatoms. The Morgan fingerprint density at radius 2 is 1.90 bits per heavy atom. The van der Waals surface area contributed by atoms with E-state index in [2.05, 4.69) is 27.8 Å². The number of hydrogen-bond acceptors (Lipinski definition) is 6. The van der Waals surface area contributed by atoms with E-state index < -0.39 is 0 Å². The van der Waals surface area contributed by atoms with Crippen molar-refractivity contribution < 1.29 is 9.53 Å². The molecule has 1 atom stereocenters. The summed E-state index contributed by atoms with van der Waals surface area (Å²) in [6.45, 7) is 5.88. The molecule has 2 aliphatic rings. The number of aromatic nitrogens is 1. The van der Waals surface area contributed by atoms with Gasteiger partial charge in [0.05, 0.1) is 18.2 Å². The van der Waals surface area contributed by atoms with Crippen molar-refractivity contribution in [2.45, 2.75) is 25.5 Å². The zero-order chi connectivity index (χ0) is 26.8. The quantitative estimate of drug-likeness (QED) is 0.341. The molecule has 4 aromatic rings. The van der Waals surface area contributed by atoms with Gasteiger partial charge in [-0.25, -0.2) is 0 Å². The molecule has 2 saturated heterocycles. The predicted molar refractivity (Wildman–Crippen MR) is 159 cm³/mol. The average Bonchev–Trinajstić information content (AvgIpc) is 3.32. The van der Waals surface area contributed by atoms with Crippen LogP contribution in [0.25, 0.3) is 16.3 Å². The number of carbonyl (C=O) groups is 1. The summed E-state index contributed by atoms with van der Waals surface area (Å²) >= 11 is 8.00. The highest BCUT2D eigenvalue weighted by Crippen LogP contribution is 2.28. The van der Waals surface area contributed by atoms with Crippen molar-refractivity contribution in [2.75, 3.05) is 50.8 Å². The van der Waals surface area contributed by atoms with E-state index in [1.165, 1.54) is 17.1 Å². The molecule has 204 valence electrons. The first kappa shape index (κ1) is 26.6. The van der Waals surface area contributed by atoms with Gasteiger partial charge in [0.15, 0.2) is 0 Å². The molecule has 2 aliphatic heterocycles. The molecule has 2 N–H and O–H groups in total. The smallest absolute Gasteiger partial charge is 0.257 e. The molecule has 2 aromatic carbocycles. The number of hydrogen-bond donors (Lipinski definition) is 2. The van der Waals surface area contributed by atoms with E-state index in [4.69, 9.17) is 16.3 Å². The van der Waals surface area contributed by atoms with E-state index >= 15 is 0 Å². The minimum absolute atomic E-state index is 0.0659. The zero-order valence-corrected chi connectivity index (χ0v) is 23.5. The van der Waals surface area contributed by atoms with Crippen LogP contribution < -0.4 is 16.1 Å². The van der Waals surface area contributed by atoms with Crippen LogP contribution in [0.1, 0.15) is 27.0 Å². The van der Waals surface area contributed by atoms with Crippen LogP contribution in [0.2, 0.25) is 5.02 Å². The Bertz CT molecular complexity index is 1510. The summed E-state index contributed by atoms with van der Waals surface area (Å²) in [5, 5.41) is 8.64. The third kappa shape index (κ3) is 5.95. The standard InChI is InChI=1S/C30H33ClN4O3S/c31-23-3-1-20(2-4-23)16-33-30(37)27-19-35-18-22(5-7-34-8-11-39-12-9-34)25-14-21(13-24-17-32-6-10-38-24)15-26(28(25)35)29(27)36/h1-4,14-15,18-19,24,32H,5-13,16-17H2,(H,33,37). The summed E-state index contributed by atoms with van der Waals surface area (Å²) in [6.07, 6.45) is 5.49. The summed E-state index contributed by atoms with van der Waals surface area (Å²) < 4.78 is 7.95. The fourth-order valence-corrected chi connectivity index (χ4v) is 6.72. The van der Waals surface area contributed by atoms with Crippen LogP contribution in [0.4, 0.5) is 0 Å². The van der Waals surface area contributed by atoms with Crippen molar-refractivity contribution in [3.8, 4) is 0 Å². The van der Waals surface area contributed by atoms with Crippen LogP contribution >= 0.6 is 23.4 Å². The molecule has 2 fully saturated rings. The monoisotopic (exact) mass is 564 g/mol. The Hall–Kier alpha value is -2.62. The molecular weight excluding hydrogens is 532 g/mol. The number of halogens is 1. The SMILES string of the molecule is O=C(NCc1ccc(Cl)cc1)c1cn2cc(CCN3CCSCC3)c3cc(CC4CNCCO4)cc(c1=O)c32. The molecule has 0 radical (unpaired) electrons. The third-order valence-corrected chi connectivity index (χ3v) is 8.90. The van der Waals surface area contributed by atoms with Crippen LogP contribution in [-0.2, 0) is 24.1 Å². The Morgan fingerprint density at radius 3 is 2.67 bits per heavy atom. The van der Waals surface area contributed by atoms with Crippen molar-refractivity contribution >= 4 is 45.6 Å². The fourth-order valence-electron chi connectivity index (χ4n) is 5.61. The second-order valence-corrected chi connectivity index (χ2v) is 12.0. The van der Waals surface area contributed by atoms with E-state index in [0.717, 1.165) is 67.6 Å². The number of pyridine rings is 1.